The maximum absolute atomic E-state index is 13.2. The topological polar surface area (TPSA) is 78.4 Å². The number of carbonyl (C=O) groups excluding carboxylic acids is 2. The molecular formula is C20H18ClFN2O3. The lowest BCUT2D eigenvalue weighted by Crippen LogP contribution is -2.42. The summed E-state index contributed by atoms with van der Waals surface area (Å²) in [6.07, 6.45) is 1.04. The van der Waals surface area contributed by atoms with Gasteiger partial charge in [0.15, 0.2) is 0 Å². The Labute approximate surface area is 160 Å². The molecule has 0 spiro atoms. The van der Waals surface area contributed by atoms with Gasteiger partial charge in [-0.2, -0.15) is 0 Å². The summed E-state index contributed by atoms with van der Waals surface area (Å²) in [6.45, 7) is 1.66. The average Bonchev–Trinajstić information content (AvgIpc) is 2.86. The Morgan fingerprint density at radius 3 is 2.63 bits per heavy atom. The van der Waals surface area contributed by atoms with E-state index in [1.165, 1.54) is 12.1 Å². The van der Waals surface area contributed by atoms with Crippen LogP contribution in [0.15, 0.2) is 59.9 Å². The van der Waals surface area contributed by atoms with Crippen LogP contribution >= 0.6 is 11.6 Å². The molecule has 1 unspecified atom stereocenters. The molecule has 0 saturated heterocycles. The molecular weight excluding hydrogens is 371 g/mol. The lowest BCUT2D eigenvalue weighted by atomic mass is 9.92. The molecule has 0 bridgehead atoms. The quantitative estimate of drug-likeness (QED) is 0.682. The van der Waals surface area contributed by atoms with E-state index in [9.17, 15) is 19.1 Å². The summed E-state index contributed by atoms with van der Waals surface area (Å²) >= 11 is 5.69. The molecule has 2 amide bonds. The number of amides is 2. The SMILES string of the molecule is CC1(CCc2ccccc2)NC(=O)C(C(=O)Nc2ccc(F)c(Cl)c2)=C1O. The van der Waals surface area contributed by atoms with E-state index >= 15 is 0 Å². The van der Waals surface area contributed by atoms with Crippen LogP contribution in [0.4, 0.5) is 10.1 Å². The van der Waals surface area contributed by atoms with E-state index in [0.29, 0.717) is 12.8 Å². The van der Waals surface area contributed by atoms with E-state index in [4.69, 9.17) is 11.6 Å². The fourth-order valence-electron chi connectivity index (χ4n) is 2.95. The van der Waals surface area contributed by atoms with Gasteiger partial charge in [0.1, 0.15) is 17.1 Å². The number of aliphatic hydroxyl groups is 1. The molecule has 0 saturated carbocycles. The Bertz CT molecular complexity index is 930. The minimum absolute atomic E-state index is 0.158. The number of hydrogen-bond acceptors (Lipinski definition) is 3. The van der Waals surface area contributed by atoms with Crippen molar-refractivity contribution in [3.05, 3.63) is 76.3 Å². The molecule has 1 atom stereocenters. The van der Waals surface area contributed by atoms with Gasteiger partial charge in [0.25, 0.3) is 11.8 Å². The molecule has 27 heavy (non-hydrogen) atoms. The Balaban J connectivity index is 1.77. The average molecular weight is 389 g/mol. The van der Waals surface area contributed by atoms with Crippen LogP contribution in [0, 0.1) is 5.82 Å². The number of aliphatic hydroxyl groups excluding tert-OH is 1. The highest BCUT2D eigenvalue weighted by molar-refractivity contribution is 6.31. The van der Waals surface area contributed by atoms with Crippen LogP contribution in [0.25, 0.3) is 0 Å². The molecule has 7 heteroatoms. The molecule has 140 valence electrons. The van der Waals surface area contributed by atoms with Crippen molar-refractivity contribution in [2.24, 2.45) is 0 Å². The first-order valence-corrected chi connectivity index (χ1v) is 8.74. The number of hydrogen-bond donors (Lipinski definition) is 3. The van der Waals surface area contributed by atoms with E-state index < -0.39 is 23.2 Å². The normalized spacial score (nSPS) is 19.1. The molecule has 0 fully saturated rings. The number of nitrogens with one attached hydrogen (secondary N) is 2. The van der Waals surface area contributed by atoms with Crippen LogP contribution in [0.3, 0.4) is 0 Å². The molecule has 0 aromatic heterocycles. The van der Waals surface area contributed by atoms with Gasteiger partial charge in [0.2, 0.25) is 0 Å². The zero-order chi connectivity index (χ0) is 19.6. The highest BCUT2D eigenvalue weighted by Gasteiger charge is 2.44. The summed E-state index contributed by atoms with van der Waals surface area (Å²) in [4.78, 5) is 24.8. The van der Waals surface area contributed by atoms with Crippen molar-refractivity contribution in [1.82, 2.24) is 5.32 Å². The van der Waals surface area contributed by atoms with Crippen molar-refractivity contribution in [1.29, 1.82) is 0 Å². The summed E-state index contributed by atoms with van der Waals surface area (Å²) in [7, 11) is 0. The first-order chi connectivity index (χ1) is 12.8. The van der Waals surface area contributed by atoms with Crippen molar-refractivity contribution in [3.63, 3.8) is 0 Å². The van der Waals surface area contributed by atoms with Crippen LogP contribution in [-0.2, 0) is 16.0 Å². The van der Waals surface area contributed by atoms with Crippen molar-refractivity contribution < 1.29 is 19.1 Å². The van der Waals surface area contributed by atoms with Crippen molar-refractivity contribution in [2.75, 3.05) is 5.32 Å². The van der Waals surface area contributed by atoms with E-state index in [1.807, 2.05) is 30.3 Å². The minimum Gasteiger partial charge on any atom is -0.509 e. The van der Waals surface area contributed by atoms with Crippen LogP contribution in [-0.4, -0.2) is 22.5 Å². The van der Waals surface area contributed by atoms with Gasteiger partial charge in [-0.05, 0) is 43.5 Å². The number of halogens is 2. The Morgan fingerprint density at radius 1 is 1.26 bits per heavy atom. The monoisotopic (exact) mass is 388 g/mol. The lowest BCUT2D eigenvalue weighted by Gasteiger charge is -2.24. The highest BCUT2D eigenvalue weighted by atomic mass is 35.5. The number of anilines is 1. The second-order valence-corrected chi connectivity index (χ2v) is 6.99. The van der Waals surface area contributed by atoms with Crippen molar-refractivity contribution >= 4 is 29.1 Å². The van der Waals surface area contributed by atoms with Crippen LogP contribution < -0.4 is 10.6 Å². The fraction of sp³-hybridized carbons (Fsp3) is 0.200. The molecule has 0 aliphatic carbocycles. The second kappa shape index (κ2) is 7.40. The lowest BCUT2D eigenvalue weighted by molar-refractivity contribution is -0.121. The van der Waals surface area contributed by atoms with E-state index in [0.717, 1.165) is 11.6 Å². The number of carbonyl (C=O) groups is 2. The summed E-state index contributed by atoms with van der Waals surface area (Å²) < 4.78 is 13.2. The third-order valence-electron chi connectivity index (χ3n) is 4.54. The Morgan fingerprint density at radius 2 is 1.96 bits per heavy atom. The van der Waals surface area contributed by atoms with Crippen molar-refractivity contribution in [2.45, 2.75) is 25.3 Å². The van der Waals surface area contributed by atoms with Gasteiger partial charge in [0, 0.05) is 5.69 Å². The molecule has 2 aromatic rings. The third kappa shape index (κ3) is 3.95. The van der Waals surface area contributed by atoms with Gasteiger partial charge in [-0.1, -0.05) is 41.9 Å². The van der Waals surface area contributed by atoms with Gasteiger partial charge >= 0.3 is 0 Å². The molecule has 3 N–H and O–H groups in total. The molecule has 2 aromatic carbocycles. The molecule has 1 aliphatic heterocycles. The maximum Gasteiger partial charge on any atom is 0.264 e. The van der Waals surface area contributed by atoms with Gasteiger partial charge in [-0.15, -0.1) is 0 Å². The fourth-order valence-corrected chi connectivity index (χ4v) is 3.13. The maximum atomic E-state index is 13.2. The standard InChI is InChI=1S/C20H18ClFN2O3/c1-20(10-9-12-5-3-2-4-6-12)17(25)16(19(27)24-20)18(26)23-13-7-8-15(22)14(21)11-13/h2-8,11,25H,9-10H2,1H3,(H,23,26)(H,24,27). The molecule has 5 nitrogen and oxygen atoms in total. The minimum atomic E-state index is -1.04. The van der Waals surface area contributed by atoms with E-state index in [2.05, 4.69) is 10.6 Å². The summed E-state index contributed by atoms with van der Waals surface area (Å²) in [5.41, 5.74) is -0.122. The molecule has 3 rings (SSSR count). The first-order valence-electron chi connectivity index (χ1n) is 8.37. The van der Waals surface area contributed by atoms with Crippen molar-refractivity contribution in [3.8, 4) is 0 Å². The highest BCUT2D eigenvalue weighted by Crippen LogP contribution is 2.30. The summed E-state index contributed by atoms with van der Waals surface area (Å²) in [5.74, 6) is -2.37. The summed E-state index contributed by atoms with van der Waals surface area (Å²) in [6, 6.07) is 13.3. The second-order valence-electron chi connectivity index (χ2n) is 6.58. The Kier molecular flexibility index (Phi) is 5.19. The third-order valence-corrected chi connectivity index (χ3v) is 4.83. The predicted octanol–water partition coefficient (Wildman–Crippen LogP) is 3.75. The predicted molar refractivity (Wildman–Crippen MR) is 101 cm³/mol. The van der Waals surface area contributed by atoms with Gasteiger partial charge in [0.05, 0.1) is 10.6 Å². The smallest absolute Gasteiger partial charge is 0.264 e. The van der Waals surface area contributed by atoms with Crippen LogP contribution in [0.2, 0.25) is 5.02 Å². The van der Waals surface area contributed by atoms with Gasteiger partial charge < -0.3 is 15.7 Å². The Hall–Kier alpha value is -2.86. The molecule has 1 heterocycles. The zero-order valence-corrected chi connectivity index (χ0v) is 15.3. The summed E-state index contributed by atoms with van der Waals surface area (Å²) in [5, 5.41) is 15.5. The van der Waals surface area contributed by atoms with Gasteiger partial charge in [-0.3, -0.25) is 9.59 Å². The number of rotatable bonds is 5. The molecule has 1 aliphatic rings. The largest absolute Gasteiger partial charge is 0.509 e. The number of benzene rings is 2. The van der Waals surface area contributed by atoms with Crippen LogP contribution in [0.1, 0.15) is 18.9 Å². The molecule has 0 radical (unpaired) electrons. The first kappa shape index (κ1) is 18.9. The van der Waals surface area contributed by atoms with Crippen LogP contribution in [0.5, 0.6) is 0 Å². The zero-order valence-electron chi connectivity index (χ0n) is 14.6. The number of aryl methyl sites for hydroxylation is 1. The van der Waals surface area contributed by atoms with E-state index in [1.54, 1.807) is 6.92 Å². The van der Waals surface area contributed by atoms with E-state index in [-0.39, 0.29) is 22.0 Å². The van der Waals surface area contributed by atoms with Gasteiger partial charge in [-0.25, -0.2) is 4.39 Å².